The maximum Gasteiger partial charge on any atom is 0.336 e. The van der Waals surface area contributed by atoms with Gasteiger partial charge in [-0.3, -0.25) is 4.79 Å². The summed E-state index contributed by atoms with van der Waals surface area (Å²) in [6.45, 7) is 0. The van der Waals surface area contributed by atoms with Crippen molar-refractivity contribution in [3.63, 3.8) is 0 Å². The lowest BCUT2D eigenvalue weighted by atomic mass is 10.2. The van der Waals surface area contributed by atoms with Gasteiger partial charge < -0.3 is 14.8 Å². The summed E-state index contributed by atoms with van der Waals surface area (Å²) >= 11 is 1.37. The Hall–Kier alpha value is -3.38. The van der Waals surface area contributed by atoms with E-state index in [4.69, 9.17) is 9.47 Å². The molecule has 0 saturated carbocycles. The van der Waals surface area contributed by atoms with E-state index in [1.807, 2.05) is 35.7 Å². The number of amides is 1. The molecular weight excluding hydrogens is 362 g/mol. The second kappa shape index (κ2) is 8.82. The molecule has 0 fully saturated rings. The number of hydrogen-bond acceptors (Lipinski definition) is 5. The van der Waals surface area contributed by atoms with Gasteiger partial charge in [-0.05, 0) is 47.9 Å². The van der Waals surface area contributed by atoms with Crippen LogP contribution in [0.25, 0.3) is 6.08 Å². The molecule has 0 spiro atoms. The maximum atomic E-state index is 12.0. The maximum absolute atomic E-state index is 12.0. The lowest BCUT2D eigenvalue weighted by molar-refractivity contribution is -0.128. The molecule has 3 rings (SSSR count). The van der Waals surface area contributed by atoms with Crippen LogP contribution in [-0.4, -0.2) is 19.0 Å². The molecule has 5 nitrogen and oxygen atoms in total. The smallest absolute Gasteiger partial charge is 0.336 e. The fourth-order valence-corrected chi connectivity index (χ4v) is 2.94. The zero-order chi connectivity index (χ0) is 19.1. The topological polar surface area (TPSA) is 64.6 Å². The van der Waals surface area contributed by atoms with Gasteiger partial charge in [0.05, 0.1) is 12.0 Å². The molecule has 136 valence electrons. The lowest BCUT2D eigenvalue weighted by Gasteiger charge is -2.06. The highest BCUT2D eigenvalue weighted by Crippen LogP contribution is 2.20. The van der Waals surface area contributed by atoms with E-state index in [1.165, 1.54) is 17.4 Å². The minimum absolute atomic E-state index is 0.172. The Morgan fingerprint density at radius 2 is 1.78 bits per heavy atom. The number of para-hydroxylation sites is 1. The number of carbonyl (C=O) groups is 2. The van der Waals surface area contributed by atoms with Crippen LogP contribution in [0.3, 0.4) is 0 Å². The Morgan fingerprint density at radius 3 is 2.48 bits per heavy atom. The third kappa shape index (κ3) is 5.05. The SMILES string of the molecule is COc1ccccc1/C=C/C(=O)Oc1ccc(NC(=O)c2cccs2)cc1. The minimum Gasteiger partial charge on any atom is -0.496 e. The van der Waals surface area contributed by atoms with E-state index >= 15 is 0 Å². The fourth-order valence-electron chi connectivity index (χ4n) is 2.32. The number of esters is 1. The molecule has 0 saturated heterocycles. The van der Waals surface area contributed by atoms with Crippen LogP contribution in [0.5, 0.6) is 11.5 Å². The number of anilines is 1. The van der Waals surface area contributed by atoms with Crippen molar-refractivity contribution in [1.29, 1.82) is 0 Å². The molecule has 2 aromatic carbocycles. The number of benzene rings is 2. The first-order valence-corrected chi connectivity index (χ1v) is 9.01. The molecule has 0 aliphatic rings. The van der Waals surface area contributed by atoms with Crippen molar-refractivity contribution in [2.75, 3.05) is 12.4 Å². The van der Waals surface area contributed by atoms with Gasteiger partial charge in [0, 0.05) is 17.3 Å². The summed E-state index contributed by atoms with van der Waals surface area (Å²) in [5.41, 5.74) is 1.40. The molecule has 1 amide bonds. The molecule has 6 heteroatoms. The minimum atomic E-state index is -0.503. The van der Waals surface area contributed by atoms with Crippen molar-refractivity contribution in [2.24, 2.45) is 0 Å². The predicted molar refractivity (Wildman–Crippen MR) is 106 cm³/mol. The number of rotatable bonds is 6. The van der Waals surface area contributed by atoms with Gasteiger partial charge in [-0.25, -0.2) is 4.79 Å². The zero-order valence-corrected chi connectivity index (χ0v) is 15.4. The molecule has 1 heterocycles. The third-order valence-corrected chi connectivity index (χ3v) is 4.48. The Morgan fingerprint density at radius 1 is 1.00 bits per heavy atom. The highest BCUT2D eigenvalue weighted by atomic mass is 32.1. The number of hydrogen-bond donors (Lipinski definition) is 1. The lowest BCUT2D eigenvalue weighted by Crippen LogP contribution is -2.10. The molecule has 0 atom stereocenters. The van der Waals surface area contributed by atoms with Crippen LogP contribution in [0, 0.1) is 0 Å². The highest BCUT2D eigenvalue weighted by Gasteiger charge is 2.07. The Balaban J connectivity index is 1.58. The molecule has 27 heavy (non-hydrogen) atoms. The molecule has 1 N–H and O–H groups in total. The van der Waals surface area contributed by atoms with Crippen LogP contribution in [-0.2, 0) is 4.79 Å². The van der Waals surface area contributed by atoms with Crippen LogP contribution < -0.4 is 14.8 Å². The largest absolute Gasteiger partial charge is 0.496 e. The van der Waals surface area contributed by atoms with Gasteiger partial charge in [-0.2, -0.15) is 0 Å². The highest BCUT2D eigenvalue weighted by molar-refractivity contribution is 7.12. The summed E-state index contributed by atoms with van der Waals surface area (Å²) < 4.78 is 10.5. The second-order valence-corrected chi connectivity index (χ2v) is 6.40. The van der Waals surface area contributed by atoms with Crippen molar-refractivity contribution in [1.82, 2.24) is 0 Å². The summed E-state index contributed by atoms with van der Waals surface area (Å²) in [7, 11) is 1.57. The quantitative estimate of drug-likeness (QED) is 0.385. The van der Waals surface area contributed by atoms with Gasteiger partial charge in [0.25, 0.3) is 5.91 Å². The summed E-state index contributed by atoms with van der Waals surface area (Å²) in [4.78, 5) is 24.6. The molecule has 3 aromatic rings. The van der Waals surface area contributed by atoms with Crippen LogP contribution in [0.4, 0.5) is 5.69 Å². The number of ether oxygens (including phenoxy) is 2. The van der Waals surface area contributed by atoms with Gasteiger partial charge in [-0.1, -0.05) is 24.3 Å². The number of methoxy groups -OCH3 is 1. The average molecular weight is 379 g/mol. The van der Waals surface area contributed by atoms with Crippen molar-refractivity contribution in [3.8, 4) is 11.5 Å². The van der Waals surface area contributed by atoms with Gasteiger partial charge in [0.1, 0.15) is 11.5 Å². The van der Waals surface area contributed by atoms with Gasteiger partial charge >= 0.3 is 5.97 Å². The first-order valence-electron chi connectivity index (χ1n) is 8.13. The average Bonchev–Trinajstić information content (AvgIpc) is 3.23. The number of nitrogens with one attached hydrogen (secondary N) is 1. The predicted octanol–water partition coefficient (Wildman–Crippen LogP) is 4.63. The molecule has 0 bridgehead atoms. The molecule has 0 unspecified atom stereocenters. The van der Waals surface area contributed by atoms with Crippen molar-refractivity contribution in [3.05, 3.63) is 82.6 Å². The van der Waals surface area contributed by atoms with Gasteiger partial charge in [0.2, 0.25) is 0 Å². The van der Waals surface area contributed by atoms with E-state index < -0.39 is 5.97 Å². The van der Waals surface area contributed by atoms with Crippen molar-refractivity contribution >= 4 is 35.0 Å². The second-order valence-electron chi connectivity index (χ2n) is 5.45. The normalized spacial score (nSPS) is 10.6. The van der Waals surface area contributed by atoms with E-state index in [-0.39, 0.29) is 5.91 Å². The van der Waals surface area contributed by atoms with E-state index in [0.29, 0.717) is 22.1 Å². The number of carbonyl (C=O) groups excluding carboxylic acids is 2. The summed E-state index contributed by atoms with van der Waals surface area (Å²) in [6, 6.07) is 17.5. The molecule has 0 radical (unpaired) electrons. The standard InChI is InChI=1S/C21H17NO4S/c1-25-18-6-3-2-5-15(18)8-13-20(23)26-17-11-9-16(10-12-17)22-21(24)19-7-4-14-27-19/h2-14H,1H3,(H,22,24)/b13-8+. The van der Waals surface area contributed by atoms with Crippen LogP contribution in [0.2, 0.25) is 0 Å². The van der Waals surface area contributed by atoms with E-state index in [2.05, 4.69) is 5.32 Å². The fraction of sp³-hybridized carbons (Fsp3) is 0.0476. The van der Waals surface area contributed by atoms with E-state index in [0.717, 1.165) is 5.56 Å². The van der Waals surface area contributed by atoms with Gasteiger partial charge in [0.15, 0.2) is 0 Å². The number of thiophene rings is 1. The summed E-state index contributed by atoms with van der Waals surface area (Å²) in [6.07, 6.45) is 2.97. The zero-order valence-electron chi connectivity index (χ0n) is 14.5. The monoisotopic (exact) mass is 379 g/mol. The first-order chi connectivity index (χ1) is 13.2. The third-order valence-electron chi connectivity index (χ3n) is 3.61. The van der Waals surface area contributed by atoms with Crippen LogP contribution in [0.1, 0.15) is 15.2 Å². The van der Waals surface area contributed by atoms with Crippen LogP contribution in [0.15, 0.2) is 72.1 Å². The molecule has 0 aliphatic heterocycles. The Kier molecular flexibility index (Phi) is 6.02. The Bertz CT molecular complexity index is 947. The van der Waals surface area contributed by atoms with E-state index in [9.17, 15) is 9.59 Å². The van der Waals surface area contributed by atoms with E-state index in [1.54, 1.807) is 43.5 Å². The summed E-state index contributed by atoms with van der Waals surface area (Å²) in [5, 5.41) is 4.63. The summed E-state index contributed by atoms with van der Waals surface area (Å²) in [5.74, 6) is 0.386. The van der Waals surface area contributed by atoms with Crippen molar-refractivity contribution < 1.29 is 19.1 Å². The van der Waals surface area contributed by atoms with Crippen molar-refractivity contribution in [2.45, 2.75) is 0 Å². The molecule has 1 aromatic heterocycles. The first kappa shape index (κ1) is 18.4. The Labute approximate surface area is 160 Å². The van der Waals surface area contributed by atoms with Gasteiger partial charge in [-0.15, -0.1) is 11.3 Å². The molecule has 0 aliphatic carbocycles. The van der Waals surface area contributed by atoms with Crippen LogP contribution >= 0.6 is 11.3 Å². The molecular formula is C21H17NO4S.